The molecule has 0 saturated carbocycles. The van der Waals surface area contributed by atoms with Crippen molar-refractivity contribution in [1.29, 1.82) is 0 Å². The number of H-pyrrole nitrogens is 1. The summed E-state index contributed by atoms with van der Waals surface area (Å²) in [6.45, 7) is 1.82. The third-order valence-corrected chi connectivity index (χ3v) is 3.59. The van der Waals surface area contributed by atoms with E-state index in [0.29, 0.717) is 22.5 Å². The van der Waals surface area contributed by atoms with Gasteiger partial charge in [-0.1, -0.05) is 6.07 Å². The molecule has 0 aliphatic carbocycles. The molecule has 3 rings (SSSR count). The Kier molecular flexibility index (Phi) is 4.15. The van der Waals surface area contributed by atoms with Crippen molar-refractivity contribution in [2.45, 2.75) is 17.0 Å². The van der Waals surface area contributed by atoms with Gasteiger partial charge < -0.3 is 10.1 Å². The maximum Gasteiger partial charge on any atom is 0.215 e. The van der Waals surface area contributed by atoms with Gasteiger partial charge in [0, 0.05) is 4.90 Å². The molecule has 112 valence electrons. The van der Waals surface area contributed by atoms with Crippen LogP contribution < -0.4 is 10.1 Å². The van der Waals surface area contributed by atoms with Crippen LogP contribution in [0, 0.1) is 6.92 Å². The number of aromatic nitrogens is 6. The topological polar surface area (TPSA) is 102 Å². The number of benzene rings is 1. The van der Waals surface area contributed by atoms with E-state index in [2.05, 4.69) is 35.9 Å². The van der Waals surface area contributed by atoms with Crippen LogP contribution in [0.2, 0.25) is 0 Å². The summed E-state index contributed by atoms with van der Waals surface area (Å²) in [6, 6.07) is 7.67. The number of anilines is 2. The second kappa shape index (κ2) is 6.39. The van der Waals surface area contributed by atoms with Crippen LogP contribution in [-0.2, 0) is 0 Å². The second-order valence-electron chi connectivity index (χ2n) is 4.29. The predicted octanol–water partition coefficient (Wildman–Crippen LogP) is 2.20. The Labute approximate surface area is 130 Å². The minimum atomic E-state index is 0.532. The van der Waals surface area contributed by atoms with E-state index in [-0.39, 0.29) is 0 Å². The molecule has 0 aliphatic rings. The molecule has 0 aliphatic heterocycles. The lowest BCUT2D eigenvalue weighted by molar-refractivity contribution is 0.413. The fourth-order valence-electron chi connectivity index (χ4n) is 1.68. The van der Waals surface area contributed by atoms with Crippen molar-refractivity contribution in [3.63, 3.8) is 0 Å². The third kappa shape index (κ3) is 3.31. The molecule has 2 aromatic heterocycles. The Morgan fingerprint density at radius 1 is 1.27 bits per heavy atom. The second-order valence-corrected chi connectivity index (χ2v) is 5.33. The van der Waals surface area contributed by atoms with E-state index in [0.717, 1.165) is 10.6 Å². The van der Waals surface area contributed by atoms with Gasteiger partial charge in [0.2, 0.25) is 5.16 Å². The van der Waals surface area contributed by atoms with Crippen molar-refractivity contribution in [3.8, 4) is 5.75 Å². The van der Waals surface area contributed by atoms with Crippen molar-refractivity contribution < 1.29 is 4.74 Å². The summed E-state index contributed by atoms with van der Waals surface area (Å²) in [5.74, 6) is 1.95. The van der Waals surface area contributed by atoms with E-state index in [1.165, 1.54) is 11.8 Å². The molecule has 2 heterocycles. The number of ether oxygens (including phenoxy) is 1. The van der Waals surface area contributed by atoms with Crippen LogP contribution in [0.5, 0.6) is 5.75 Å². The molecule has 3 aromatic rings. The van der Waals surface area contributed by atoms with Crippen LogP contribution >= 0.6 is 11.8 Å². The van der Waals surface area contributed by atoms with E-state index in [9.17, 15) is 0 Å². The van der Waals surface area contributed by atoms with E-state index >= 15 is 0 Å². The van der Waals surface area contributed by atoms with Crippen molar-refractivity contribution in [3.05, 3.63) is 36.2 Å². The molecule has 0 spiro atoms. The zero-order valence-electron chi connectivity index (χ0n) is 11.9. The van der Waals surface area contributed by atoms with Gasteiger partial charge in [0.05, 0.1) is 13.3 Å². The van der Waals surface area contributed by atoms with E-state index < -0.39 is 0 Å². The Bertz CT molecular complexity index is 763. The first-order valence-corrected chi connectivity index (χ1v) is 7.22. The number of nitrogens with zero attached hydrogens (tertiary/aromatic N) is 5. The Morgan fingerprint density at radius 3 is 2.95 bits per heavy atom. The standard InChI is InChI=1S/C13H13N7OS/c1-8-12(15-11-7-14-20-18-11)16-13(19-17-8)22-10-5-3-4-9(6-10)21-2/h3-7H,1-2H3,(H2,14,15,16,18,19,20). The summed E-state index contributed by atoms with van der Waals surface area (Å²) >= 11 is 1.40. The molecule has 8 nitrogen and oxygen atoms in total. The smallest absolute Gasteiger partial charge is 0.215 e. The van der Waals surface area contributed by atoms with Gasteiger partial charge in [-0.3, -0.25) is 0 Å². The lowest BCUT2D eigenvalue weighted by Crippen LogP contribution is -2.02. The first-order chi connectivity index (χ1) is 10.7. The zero-order chi connectivity index (χ0) is 15.4. The summed E-state index contributed by atoms with van der Waals surface area (Å²) in [7, 11) is 1.63. The summed E-state index contributed by atoms with van der Waals surface area (Å²) in [5, 5.41) is 22.0. The number of rotatable bonds is 5. The SMILES string of the molecule is COc1cccc(Sc2nnc(C)c(Nc3cn[nH]n3)n2)c1. The first kappa shape index (κ1) is 14.3. The Morgan fingerprint density at radius 2 is 2.18 bits per heavy atom. The summed E-state index contributed by atoms with van der Waals surface area (Å²) in [5.41, 5.74) is 0.679. The molecule has 0 bridgehead atoms. The highest BCUT2D eigenvalue weighted by molar-refractivity contribution is 7.99. The normalized spacial score (nSPS) is 10.5. The quantitative estimate of drug-likeness (QED) is 0.739. The molecule has 0 radical (unpaired) electrons. The van der Waals surface area contributed by atoms with Crippen molar-refractivity contribution in [2.75, 3.05) is 12.4 Å². The van der Waals surface area contributed by atoms with Gasteiger partial charge in [0.15, 0.2) is 11.6 Å². The summed E-state index contributed by atoms with van der Waals surface area (Å²) < 4.78 is 5.20. The zero-order valence-corrected chi connectivity index (χ0v) is 12.8. The molecule has 0 fully saturated rings. The average Bonchev–Trinajstić information content (AvgIpc) is 3.04. The lowest BCUT2D eigenvalue weighted by atomic mass is 10.3. The highest BCUT2D eigenvalue weighted by Crippen LogP contribution is 2.28. The molecule has 0 atom stereocenters. The van der Waals surface area contributed by atoms with Crippen LogP contribution in [0.15, 0.2) is 40.5 Å². The van der Waals surface area contributed by atoms with Gasteiger partial charge in [-0.2, -0.15) is 10.3 Å². The van der Waals surface area contributed by atoms with Crippen molar-refractivity contribution in [1.82, 2.24) is 30.6 Å². The fraction of sp³-hybridized carbons (Fsp3) is 0.154. The first-order valence-electron chi connectivity index (χ1n) is 6.40. The monoisotopic (exact) mass is 315 g/mol. The number of hydrogen-bond donors (Lipinski definition) is 2. The molecule has 2 N–H and O–H groups in total. The van der Waals surface area contributed by atoms with Crippen LogP contribution in [0.25, 0.3) is 0 Å². The van der Waals surface area contributed by atoms with Crippen molar-refractivity contribution >= 4 is 23.4 Å². The number of hydrogen-bond acceptors (Lipinski definition) is 8. The molecule has 1 aromatic carbocycles. The highest BCUT2D eigenvalue weighted by Gasteiger charge is 2.09. The molecule has 0 amide bonds. The number of methoxy groups -OCH3 is 1. The van der Waals surface area contributed by atoms with Crippen LogP contribution in [0.3, 0.4) is 0 Å². The minimum absolute atomic E-state index is 0.532. The minimum Gasteiger partial charge on any atom is -0.497 e. The Hall–Kier alpha value is -2.68. The summed E-state index contributed by atoms with van der Waals surface area (Å²) in [4.78, 5) is 5.42. The van der Waals surface area contributed by atoms with Gasteiger partial charge in [0.1, 0.15) is 11.4 Å². The van der Waals surface area contributed by atoms with E-state index in [4.69, 9.17) is 4.74 Å². The maximum atomic E-state index is 5.20. The molecule has 0 unspecified atom stereocenters. The van der Waals surface area contributed by atoms with Crippen LogP contribution in [0.1, 0.15) is 5.69 Å². The van der Waals surface area contributed by atoms with Gasteiger partial charge in [-0.15, -0.1) is 15.3 Å². The number of aromatic amines is 1. The van der Waals surface area contributed by atoms with E-state index in [1.807, 2.05) is 31.2 Å². The predicted molar refractivity (Wildman–Crippen MR) is 81.3 cm³/mol. The third-order valence-electron chi connectivity index (χ3n) is 2.75. The van der Waals surface area contributed by atoms with Crippen molar-refractivity contribution in [2.24, 2.45) is 0 Å². The molecule has 0 saturated heterocycles. The lowest BCUT2D eigenvalue weighted by Gasteiger charge is -2.07. The van der Waals surface area contributed by atoms with Crippen LogP contribution in [0.4, 0.5) is 11.6 Å². The highest BCUT2D eigenvalue weighted by atomic mass is 32.2. The molecule has 9 heteroatoms. The molecule has 22 heavy (non-hydrogen) atoms. The summed E-state index contributed by atoms with van der Waals surface area (Å²) in [6.07, 6.45) is 1.57. The molecular weight excluding hydrogens is 302 g/mol. The van der Waals surface area contributed by atoms with Gasteiger partial charge in [0.25, 0.3) is 0 Å². The largest absolute Gasteiger partial charge is 0.497 e. The van der Waals surface area contributed by atoms with Gasteiger partial charge >= 0.3 is 0 Å². The van der Waals surface area contributed by atoms with Crippen LogP contribution in [-0.4, -0.2) is 37.7 Å². The Balaban J connectivity index is 1.82. The van der Waals surface area contributed by atoms with Gasteiger partial charge in [-0.05, 0) is 36.9 Å². The number of nitrogens with one attached hydrogen (secondary N) is 2. The maximum absolute atomic E-state index is 5.20. The van der Waals surface area contributed by atoms with Gasteiger partial charge in [-0.25, -0.2) is 4.98 Å². The number of aryl methyl sites for hydroxylation is 1. The fourth-order valence-corrected chi connectivity index (χ4v) is 2.43. The average molecular weight is 315 g/mol. The molecular formula is C13H13N7OS. The van der Waals surface area contributed by atoms with E-state index in [1.54, 1.807) is 13.3 Å².